The smallest absolute Gasteiger partial charge is 0.260 e. The minimum absolute atomic E-state index is 0.175. The Morgan fingerprint density at radius 3 is 2.70 bits per heavy atom. The summed E-state index contributed by atoms with van der Waals surface area (Å²) in [6.07, 6.45) is 4.68. The van der Waals surface area contributed by atoms with Gasteiger partial charge in [-0.05, 0) is 73.6 Å². The lowest BCUT2D eigenvalue weighted by molar-refractivity contribution is -0.115. The van der Waals surface area contributed by atoms with Crippen molar-refractivity contribution in [3.05, 3.63) is 74.3 Å². The number of thiophene rings is 1. The molecule has 0 spiro atoms. The first-order valence-electron chi connectivity index (χ1n) is 10.8. The van der Waals surface area contributed by atoms with Gasteiger partial charge in [0, 0.05) is 21.7 Å². The van der Waals surface area contributed by atoms with E-state index in [0.717, 1.165) is 24.0 Å². The van der Waals surface area contributed by atoms with E-state index >= 15 is 0 Å². The van der Waals surface area contributed by atoms with Crippen LogP contribution in [0.25, 0.3) is 21.3 Å². The minimum Gasteiger partial charge on any atom is -0.325 e. The maximum absolute atomic E-state index is 13.0. The van der Waals surface area contributed by atoms with E-state index in [1.54, 1.807) is 31.2 Å². The Balaban J connectivity index is 1.37. The van der Waals surface area contributed by atoms with E-state index in [1.165, 1.54) is 47.1 Å². The van der Waals surface area contributed by atoms with Crippen LogP contribution in [0.4, 0.5) is 5.69 Å². The first-order chi connectivity index (χ1) is 16.0. The van der Waals surface area contributed by atoms with Crippen molar-refractivity contribution in [1.29, 1.82) is 0 Å². The molecule has 0 saturated carbocycles. The third-order valence-electron chi connectivity index (χ3n) is 5.85. The highest BCUT2D eigenvalue weighted by Crippen LogP contribution is 2.34. The van der Waals surface area contributed by atoms with E-state index in [0.29, 0.717) is 26.1 Å². The Labute approximate surface area is 204 Å². The summed E-state index contributed by atoms with van der Waals surface area (Å²) < 4.78 is 0. The predicted octanol–water partition coefficient (Wildman–Crippen LogP) is 6.30. The molecular weight excluding hydrogens is 474 g/mol. The summed E-state index contributed by atoms with van der Waals surface area (Å²) in [5, 5.41) is 6.07. The van der Waals surface area contributed by atoms with Gasteiger partial charge in [-0.1, -0.05) is 41.6 Å². The van der Waals surface area contributed by atoms with Crippen LogP contribution in [0.3, 0.4) is 0 Å². The number of nitrogens with zero attached hydrogens (tertiary/aromatic N) is 1. The lowest BCUT2D eigenvalue weighted by Gasteiger charge is -2.16. The second-order valence-electron chi connectivity index (χ2n) is 8.15. The molecule has 0 bridgehead atoms. The van der Waals surface area contributed by atoms with Crippen LogP contribution in [0.15, 0.2) is 57.8 Å². The number of thioether (sulfide) groups is 1. The molecule has 0 aliphatic heterocycles. The van der Waals surface area contributed by atoms with Gasteiger partial charge in [-0.2, -0.15) is 0 Å². The molecule has 1 unspecified atom stereocenters. The Morgan fingerprint density at radius 2 is 1.91 bits per heavy atom. The molecule has 0 fully saturated rings. The van der Waals surface area contributed by atoms with E-state index in [9.17, 15) is 9.59 Å². The molecule has 33 heavy (non-hydrogen) atoms. The third kappa shape index (κ3) is 4.71. The number of amides is 1. The van der Waals surface area contributed by atoms with Gasteiger partial charge in [-0.15, -0.1) is 11.3 Å². The van der Waals surface area contributed by atoms with E-state index < -0.39 is 5.25 Å². The number of aromatic amines is 1. The van der Waals surface area contributed by atoms with Gasteiger partial charge in [0.2, 0.25) is 5.91 Å². The normalized spacial score (nSPS) is 14.1. The van der Waals surface area contributed by atoms with Crippen molar-refractivity contribution < 1.29 is 4.79 Å². The Bertz CT molecular complexity index is 1400. The molecule has 168 valence electrons. The van der Waals surface area contributed by atoms with Crippen molar-refractivity contribution in [1.82, 2.24) is 9.97 Å². The van der Waals surface area contributed by atoms with Crippen molar-refractivity contribution in [2.75, 3.05) is 5.32 Å². The van der Waals surface area contributed by atoms with Crippen molar-refractivity contribution in [3.8, 4) is 11.1 Å². The van der Waals surface area contributed by atoms with Gasteiger partial charge >= 0.3 is 0 Å². The van der Waals surface area contributed by atoms with Crippen LogP contribution in [0.2, 0.25) is 5.02 Å². The number of rotatable bonds is 5. The lowest BCUT2D eigenvalue weighted by Crippen LogP contribution is -2.23. The molecule has 1 amide bonds. The zero-order chi connectivity index (χ0) is 22.9. The fraction of sp³-hybridized carbons (Fsp3) is 0.240. The quantitative estimate of drug-likeness (QED) is 0.251. The molecule has 5 nitrogen and oxygen atoms in total. The summed E-state index contributed by atoms with van der Waals surface area (Å²) in [7, 11) is 0. The Morgan fingerprint density at radius 1 is 1.15 bits per heavy atom. The average Bonchev–Trinajstić information content (AvgIpc) is 3.25. The zero-order valence-electron chi connectivity index (χ0n) is 18.0. The molecule has 0 radical (unpaired) electrons. The molecule has 1 aliphatic rings. The van der Waals surface area contributed by atoms with Gasteiger partial charge in [0.05, 0.1) is 10.6 Å². The largest absolute Gasteiger partial charge is 0.325 e. The highest BCUT2D eigenvalue weighted by atomic mass is 35.5. The third-order valence-corrected chi connectivity index (χ3v) is 7.96. The first-order valence-corrected chi connectivity index (χ1v) is 13.0. The number of H-pyrrole nitrogens is 1. The monoisotopic (exact) mass is 495 g/mol. The van der Waals surface area contributed by atoms with E-state index in [2.05, 4.69) is 33.5 Å². The van der Waals surface area contributed by atoms with Crippen molar-refractivity contribution >= 4 is 56.5 Å². The Hall–Kier alpha value is -2.61. The number of hydrogen-bond acceptors (Lipinski definition) is 5. The molecule has 0 saturated heterocycles. The highest BCUT2D eigenvalue weighted by Gasteiger charge is 2.19. The molecule has 4 aromatic rings. The minimum atomic E-state index is -0.443. The number of aryl methyl sites for hydroxylation is 2. The van der Waals surface area contributed by atoms with E-state index in [-0.39, 0.29) is 11.5 Å². The maximum Gasteiger partial charge on any atom is 0.260 e. The average molecular weight is 496 g/mol. The van der Waals surface area contributed by atoms with Crippen molar-refractivity contribution in [2.45, 2.75) is 43.0 Å². The fourth-order valence-electron chi connectivity index (χ4n) is 4.10. The van der Waals surface area contributed by atoms with Gasteiger partial charge in [0.25, 0.3) is 5.56 Å². The van der Waals surface area contributed by atoms with Crippen LogP contribution in [-0.2, 0) is 17.6 Å². The molecule has 1 atom stereocenters. The number of carbonyl (C=O) groups excluding carboxylic acids is 1. The van der Waals surface area contributed by atoms with Gasteiger partial charge < -0.3 is 10.3 Å². The number of carbonyl (C=O) groups is 1. The summed E-state index contributed by atoms with van der Waals surface area (Å²) in [6.45, 7) is 1.78. The van der Waals surface area contributed by atoms with Gasteiger partial charge in [-0.3, -0.25) is 9.59 Å². The first kappa shape index (κ1) is 22.2. The number of nitrogens with one attached hydrogen (secondary N) is 2. The zero-order valence-corrected chi connectivity index (χ0v) is 20.4. The highest BCUT2D eigenvalue weighted by molar-refractivity contribution is 8.00. The van der Waals surface area contributed by atoms with Crippen LogP contribution in [-0.4, -0.2) is 21.1 Å². The molecule has 2 N–H and O–H groups in total. The number of halogens is 1. The van der Waals surface area contributed by atoms with Crippen LogP contribution in [0.1, 0.15) is 30.9 Å². The fourth-order valence-corrected chi connectivity index (χ4v) is 6.02. The van der Waals surface area contributed by atoms with Crippen molar-refractivity contribution in [3.63, 3.8) is 0 Å². The van der Waals surface area contributed by atoms with Crippen LogP contribution < -0.4 is 10.9 Å². The van der Waals surface area contributed by atoms with Crippen LogP contribution in [0, 0.1) is 0 Å². The van der Waals surface area contributed by atoms with Gasteiger partial charge in [-0.25, -0.2) is 4.98 Å². The van der Waals surface area contributed by atoms with Crippen LogP contribution >= 0.6 is 34.7 Å². The van der Waals surface area contributed by atoms with E-state index in [1.807, 2.05) is 5.38 Å². The number of hydrogen-bond donors (Lipinski definition) is 2. The topological polar surface area (TPSA) is 74.8 Å². The molecular formula is C25H22ClN3O2S2. The predicted molar refractivity (Wildman–Crippen MR) is 138 cm³/mol. The Kier molecular flexibility index (Phi) is 6.27. The summed E-state index contributed by atoms with van der Waals surface area (Å²) in [4.78, 5) is 33.8. The summed E-state index contributed by atoms with van der Waals surface area (Å²) in [5.74, 6) is -0.175. The number of aromatic nitrogens is 2. The second-order valence-corrected chi connectivity index (χ2v) is 10.8. The van der Waals surface area contributed by atoms with E-state index in [4.69, 9.17) is 11.6 Å². The lowest BCUT2D eigenvalue weighted by atomic mass is 9.89. The van der Waals surface area contributed by atoms with Crippen molar-refractivity contribution in [2.24, 2.45) is 0 Å². The molecule has 2 aromatic heterocycles. The van der Waals surface area contributed by atoms with Gasteiger partial charge in [0.1, 0.15) is 4.83 Å². The SMILES string of the molecule is CC(Sc1nc2scc(-c3ccc4c(c3)CCCC4)c2c(=O)[nH]1)C(=O)Nc1ccc(Cl)cc1. The summed E-state index contributed by atoms with van der Waals surface area (Å²) >= 11 is 8.58. The molecule has 5 rings (SSSR count). The number of benzene rings is 2. The summed E-state index contributed by atoms with van der Waals surface area (Å²) in [6, 6.07) is 13.5. The maximum atomic E-state index is 13.0. The van der Waals surface area contributed by atoms with Gasteiger partial charge in [0.15, 0.2) is 5.16 Å². The number of fused-ring (bicyclic) bond motifs is 2. The summed E-state index contributed by atoms with van der Waals surface area (Å²) in [5.41, 5.74) is 5.27. The van der Waals surface area contributed by atoms with Crippen LogP contribution in [0.5, 0.6) is 0 Å². The second kappa shape index (κ2) is 9.33. The molecule has 2 heterocycles. The molecule has 2 aromatic carbocycles. The number of anilines is 1. The standard InChI is InChI=1S/C25H22ClN3O2S2/c1-14(22(30)27-19-10-8-18(26)9-11-19)33-25-28-23(31)21-20(13-32-24(21)29-25)17-7-6-15-4-2-3-5-16(15)12-17/h6-14H,2-5H2,1H3,(H,27,30)(H,28,29,31). The molecule has 8 heteroatoms. The molecule has 1 aliphatic carbocycles.